The number of benzene rings is 1. The highest BCUT2D eigenvalue weighted by atomic mass is 16.6. The molecule has 1 aromatic carbocycles. The van der Waals surface area contributed by atoms with Gasteiger partial charge in [0.15, 0.2) is 0 Å². The molecule has 0 radical (unpaired) electrons. The number of nitro groups is 1. The molecule has 0 bridgehead atoms. The van der Waals surface area contributed by atoms with Crippen LogP contribution in [0.1, 0.15) is 12.5 Å². The summed E-state index contributed by atoms with van der Waals surface area (Å²) < 4.78 is 1.47. The van der Waals surface area contributed by atoms with E-state index in [1.54, 1.807) is 18.3 Å². The van der Waals surface area contributed by atoms with E-state index in [1.165, 1.54) is 41.0 Å². The highest BCUT2D eigenvalue weighted by Crippen LogP contribution is 2.14. The number of anilines is 1. The van der Waals surface area contributed by atoms with Crippen LogP contribution in [-0.4, -0.2) is 15.4 Å². The number of aromatic nitrogens is 1. The Bertz CT molecular complexity index is 824. The second-order valence-corrected chi connectivity index (χ2v) is 4.72. The van der Waals surface area contributed by atoms with Crippen molar-refractivity contribution in [2.45, 2.75) is 13.5 Å². The van der Waals surface area contributed by atoms with Crippen LogP contribution < -0.4 is 10.9 Å². The summed E-state index contributed by atoms with van der Waals surface area (Å²) in [6, 6.07) is 8.87. The summed E-state index contributed by atoms with van der Waals surface area (Å²) in [4.78, 5) is 33.5. The number of nitrogens with one attached hydrogen (secondary N) is 1. The molecule has 0 aliphatic rings. The molecule has 0 aliphatic heterocycles. The zero-order valence-electron chi connectivity index (χ0n) is 12.4. The summed E-state index contributed by atoms with van der Waals surface area (Å²) >= 11 is 0. The van der Waals surface area contributed by atoms with Gasteiger partial charge in [-0.05, 0) is 24.6 Å². The monoisotopic (exact) mass is 313 g/mol. The van der Waals surface area contributed by atoms with E-state index in [0.717, 1.165) is 0 Å². The Morgan fingerprint density at radius 3 is 2.83 bits per heavy atom. The van der Waals surface area contributed by atoms with Crippen molar-refractivity contribution in [3.8, 4) is 0 Å². The number of carbonyl (C=O) groups is 1. The Kier molecular flexibility index (Phi) is 5.03. The summed E-state index contributed by atoms with van der Waals surface area (Å²) in [5.74, 6) is -0.391. The van der Waals surface area contributed by atoms with Gasteiger partial charge in [-0.1, -0.05) is 12.1 Å². The fourth-order valence-electron chi connectivity index (χ4n) is 1.95. The number of carbonyl (C=O) groups excluding carboxylic acids is 1. The molecule has 0 saturated carbocycles. The molecule has 23 heavy (non-hydrogen) atoms. The molecule has 0 atom stereocenters. The number of nitro benzene ring substituents is 1. The summed E-state index contributed by atoms with van der Waals surface area (Å²) in [5, 5.41) is 13.3. The van der Waals surface area contributed by atoms with E-state index < -0.39 is 10.8 Å². The normalized spacial score (nSPS) is 10.7. The number of amides is 1. The van der Waals surface area contributed by atoms with Gasteiger partial charge in [0.1, 0.15) is 0 Å². The zero-order chi connectivity index (χ0) is 16.8. The van der Waals surface area contributed by atoms with Crippen molar-refractivity contribution in [1.82, 2.24) is 4.57 Å². The molecule has 1 heterocycles. The van der Waals surface area contributed by atoms with Crippen molar-refractivity contribution < 1.29 is 9.72 Å². The molecule has 1 aromatic heterocycles. The Hall–Kier alpha value is -3.22. The van der Waals surface area contributed by atoms with Crippen molar-refractivity contribution in [2.75, 3.05) is 5.32 Å². The van der Waals surface area contributed by atoms with E-state index in [9.17, 15) is 19.7 Å². The molecule has 0 saturated heterocycles. The lowest BCUT2D eigenvalue weighted by molar-refractivity contribution is -0.384. The minimum Gasteiger partial charge on any atom is -0.321 e. The third kappa shape index (κ3) is 4.37. The van der Waals surface area contributed by atoms with Gasteiger partial charge in [0, 0.05) is 37.0 Å². The third-order valence-electron chi connectivity index (χ3n) is 3.10. The second-order valence-electron chi connectivity index (χ2n) is 4.72. The van der Waals surface area contributed by atoms with Gasteiger partial charge in [-0.2, -0.15) is 0 Å². The molecule has 1 amide bonds. The smallest absolute Gasteiger partial charge is 0.270 e. The van der Waals surface area contributed by atoms with Crippen LogP contribution >= 0.6 is 0 Å². The third-order valence-corrected chi connectivity index (χ3v) is 3.10. The van der Waals surface area contributed by atoms with Crippen molar-refractivity contribution in [3.05, 3.63) is 74.7 Å². The van der Waals surface area contributed by atoms with Gasteiger partial charge < -0.3 is 9.88 Å². The van der Waals surface area contributed by atoms with Gasteiger partial charge in [0.05, 0.1) is 10.6 Å². The van der Waals surface area contributed by atoms with E-state index in [0.29, 0.717) is 17.8 Å². The summed E-state index contributed by atoms with van der Waals surface area (Å²) in [5.41, 5.74) is 0.869. The Balaban J connectivity index is 2.08. The first kappa shape index (κ1) is 16.2. The fourth-order valence-corrected chi connectivity index (χ4v) is 1.95. The topological polar surface area (TPSA) is 94.2 Å². The first-order valence-corrected chi connectivity index (χ1v) is 6.93. The minimum atomic E-state index is -0.495. The molecular formula is C16H15N3O4. The first-order valence-electron chi connectivity index (χ1n) is 6.93. The van der Waals surface area contributed by atoms with E-state index >= 15 is 0 Å². The van der Waals surface area contributed by atoms with Crippen molar-refractivity contribution in [3.63, 3.8) is 0 Å². The van der Waals surface area contributed by atoms with Crippen LogP contribution in [0.3, 0.4) is 0 Å². The molecule has 0 spiro atoms. The van der Waals surface area contributed by atoms with E-state index in [2.05, 4.69) is 5.32 Å². The van der Waals surface area contributed by atoms with Gasteiger partial charge in [-0.3, -0.25) is 19.7 Å². The number of hydrogen-bond acceptors (Lipinski definition) is 4. The SMILES string of the molecule is CCn1cc(NC(=O)/C=C\c2cccc([N+](=O)[O-])c2)ccc1=O. The predicted octanol–water partition coefficient (Wildman–Crippen LogP) is 2.43. The van der Waals surface area contributed by atoms with Crippen LogP contribution in [0.2, 0.25) is 0 Å². The number of rotatable bonds is 5. The molecule has 0 aliphatic carbocycles. The summed E-state index contributed by atoms with van der Waals surface area (Å²) in [6.45, 7) is 2.33. The minimum absolute atomic E-state index is 0.0393. The van der Waals surface area contributed by atoms with Gasteiger partial charge in [0.25, 0.3) is 11.2 Å². The summed E-state index contributed by atoms with van der Waals surface area (Å²) in [7, 11) is 0. The molecular weight excluding hydrogens is 298 g/mol. The average Bonchev–Trinajstić information content (AvgIpc) is 2.55. The maximum Gasteiger partial charge on any atom is 0.270 e. The molecule has 0 fully saturated rings. The lowest BCUT2D eigenvalue weighted by atomic mass is 10.2. The molecule has 7 heteroatoms. The number of aryl methyl sites for hydroxylation is 1. The highest BCUT2D eigenvalue weighted by Gasteiger charge is 2.04. The van der Waals surface area contributed by atoms with Gasteiger partial charge in [-0.25, -0.2) is 0 Å². The van der Waals surface area contributed by atoms with Crippen molar-refractivity contribution >= 4 is 23.4 Å². The van der Waals surface area contributed by atoms with Crippen LogP contribution in [0, 0.1) is 10.1 Å². The second kappa shape index (κ2) is 7.17. The lowest BCUT2D eigenvalue weighted by Gasteiger charge is -2.05. The van der Waals surface area contributed by atoms with Crippen LogP contribution in [0.4, 0.5) is 11.4 Å². The fraction of sp³-hybridized carbons (Fsp3) is 0.125. The van der Waals surface area contributed by atoms with E-state index in [4.69, 9.17) is 0 Å². The summed E-state index contributed by atoms with van der Waals surface area (Å²) in [6.07, 6.45) is 4.32. The average molecular weight is 313 g/mol. The van der Waals surface area contributed by atoms with Crippen LogP contribution in [-0.2, 0) is 11.3 Å². The predicted molar refractivity (Wildman–Crippen MR) is 87.1 cm³/mol. The Morgan fingerprint density at radius 1 is 1.35 bits per heavy atom. The maximum atomic E-state index is 11.9. The molecule has 1 N–H and O–H groups in total. The number of nitrogens with zero attached hydrogens (tertiary/aromatic N) is 2. The molecule has 0 unspecified atom stereocenters. The highest BCUT2D eigenvalue weighted by molar-refractivity contribution is 6.01. The largest absolute Gasteiger partial charge is 0.321 e. The molecule has 7 nitrogen and oxygen atoms in total. The van der Waals surface area contributed by atoms with Crippen LogP contribution in [0.5, 0.6) is 0 Å². The van der Waals surface area contributed by atoms with Gasteiger partial charge in [-0.15, -0.1) is 0 Å². The van der Waals surface area contributed by atoms with E-state index in [-0.39, 0.29) is 11.2 Å². The quantitative estimate of drug-likeness (QED) is 0.521. The number of pyridine rings is 1. The molecule has 2 aromatic rings. The van der Waals surface area contributed by atoms with E-state index in [1.807, 2.05) is 6.92 Å². The van der Waals surface area contributed by atoms with Crippen molar-refractivity contribution in [2.24, 2.45) is 0 Å². The van der Waals surface area contributed by atoms with Gasteiger partial charge in [0.2, 0.25) is 5.91 Å². The zero-order valence-corrected chi connectivity index (χ0v) is 12.4. The molecule has 118 valence electrons. The van der Waals surface area contributed by atoms with Crippen LogP contribution in [0.25, 0.3) is 6.08 Å². The maximum absolute atomic E-state index is 11.9. The van der Waals surface area contributed by atoms with Crippen LogP contribution in [0.15, 0.2) is 53.5 Å². The Morgan fingerprint density at radius 2 is 2.13 bits per heavy atom. The Labute approximate surface area is 132 Å². The van der Waals surface area contributed by atoms with Crippen molar-refractivity contribution in [1.29, 1.82) is 0 Å². The van der Waals surface area contributed by atoms with Gasteiger partial charge >= 0.3 is 0 Å². The lowest BCUT2D eigenvalue weighted by Crippen LogP contribution is -2.19. The standard InChI is InChI=1S/C16H15N3O4/c1-2-18-11-13(7-9-16(18)21)17-15(20)8-6-12-4-3-5-14(10-12)19(22)23/h3-11H,2H2,1H3,(H,17,20)/b8-6-. The number of hydrogen-bond donors (Lipinski definition) is 1. The molecule has 2 rings (SSSR count). The number of non-ortho nitro benzene ring substituents is 1. The first-order chi connectivity index (χ1) is 11.0.